The molecule has 0 fully saturated rings. The van der Waals surface area contributed by atoms with Crippen LogP contribution in [0.25, 0.3) is 6.08 Å². The second-order valence-corrected chi connectivity index (χ2v) is 5.53. The Hall–Kier alpha value is -3.29. The van der Waals surface area contributed by atoms with Crippen molar-refractivity contribution in [2.75, 3.05) is 21.3 Å². The molecule has 2 aromatic rings. The van der Waals surface area contributed by atoms with Gasteiger partial charge in [0.15, 0.2) is 23.0 Å². The Morgan fingerprint density at radius 2 is 1.61 bits per heavy atom. The number of nitrogens with one attached hydrogen (secondary N) is 1. The molecule has 0 aliphatic carbocycles. The second kappa shape index (κ2) is 10.1. The third-order valence-electron chi connectivity index (χ3n) is 3.75. The first-order chi connectivity index (χ1) is 13.5. The topological polar surface area (TPSA) is 66.0 Å². The van der Waals surface area contributed by atoms with Gasteiger partial charge in [-0.1, -0.05) is 12.1 Å². The second-order valence-electron chi connectivity index (χ2n) is 5.53. The smallest absolute Gasteiger partial charge is 0.387 e. The zero-order valence-electron chi connectivity index (χ0n) is 15.7. The van der Waals surface area contributed by atoms with Crippen LogP contribution in [0.4, 0.5) is 8.78 Å². The largest absolute Gasteiger partial charge is 0.493 e. The summed E-state index contributed by atoms with van der Waals surface area (Å²) < 4.78 is 44.5. The van der Waals surface area contributed by atoms with Gasteiger partial charge in [-0.25, -0.2) is 0 Å². The van der Waals surface area contributed by atoms with Crippen LogP contribution in [0.15, 0.2) is 42.5 Å². The molecule has 0 bridgehead atoms. The molecule has 0 radical (unpaired) electrons. The maximum absolute atomic E-state index is 12.3. The minimum atomic E-state index is -2.94. The summed E-state index contributed by atoms with van der Waals surface area (Å²) in [7, 11) is 4.42. The quantitative estimate of drug-likeness (QED) is 0.659. The van der Waals surface area contributed by atoms with Gasteiger partial charge in [-0.3, -0.25) is 4.79 Å². The summed E-state index contributed by atoms with van der Waals surface area (Å²) in [4.78, 5) is 12.0. The van der Waals surface area contributed by atoms with Crippen LogP contribution < -0.4 is 24.3 Å². The first-order valence-corrected chi connectivity index (χ1v) is 8.26. The van der Waals surface area contributed by atoms with Crippen molar-refractivity contribution >= 4 is 12.0 Å². The van der Waals surface area contributed by atoms with E-state index in [1.807, 2.05) is 0 Å². The van der Waals surface area contributed by atoms with Crippen molar-refractivity contribution < 1.29 is 32.5 Å². The summed E-state index contributed by atoms with van der Waals surface area (Å²) in [5.41, 5.74) is 1.44. The van der Waals surface area contributed by atoms with Crippen molar-refractivity contribution in [1.82, 2.24) is 5.32 Å². The molecule has 0 saturated heterocycles. The highest BCUT2D eigenvalue weighted by molar-refractivity contribution is 5.91. The highest BCUT2D eigenvalue weighted by atomic mass is 19.3. The molecule has 0 heterocycles. The number of halogens is 2. The van der Waals surface area contributed by atoms with Gasteiger partial charge in [0, 0.05) is 12.6 Å². The van der Waals surface area contributed by atoms with Crippen LogP contribution >= 0.6 is 0 Å². The van der Waals surface area contributed by atoms with Crippen molar-refractivity contribution in [2.45, 2.75) is 13.2 Å². The normalized spacial score (nSPS) is 10.8. The molecule has 0 atom stereocenters. The fourth-order valence-corrected chi connectivity index (χ4v) is 2.39. The third kappa shape index (κ3) is 5.87. The van der Waals surface area contributed by atoms with E-state index in [4.69, 9.17) is 14.2 Å². The Kier molecular flexibility index (Phi) is 7.62. The first kappa shape index (κ1) is 21.0. The van der Waals surface area contributed by atoms with Crippen molar-refractivity contribution in [1.29, 1.82) is 0 Å². The lowest BCUT2D eigenvalue weighted by Crippen LogP contribution is -2.20. The van der Waals surface area contributed by atoms with Crippen LogP contribution in [0.5, 0.6) is 23.0 Å². The van der Waals surface area contributed by atoms with Crippen LogP contribution in [-0.2, 0) is 11.3 Å². The highest BCUT2D eigenvalue weighted by Crippen LogP contribution is 2.29. The molecule has 8 heteroatoms. The van der Waals surface area contributed by atoms with E-state index in [1.165, 1.54) is 32.4 Å². The Morgan fingerprint density at radius 3 is 2.25 bits per heavy atom. The fourth-order valence-electron chi connectivity index (χ4n) is 2.39. The van der Waals surface area contributed by atoms with Gasteiger partial charge in [0.1, 0.15) is 0 Å². The summed E-state index contributed by atoms with van der Waals surface area (Å²) in [6.07, 6.45) is 3.02. The molecule has 28 heavy (non-hydrogen) atoms. The summed E-state index contributed by atoms with van der Waals surface area (Å²) in [6, 6.07) is 9.74. The Morgan fingerprint density at radius 1 is 0.964 bits per heavy atom. The predicted octanol–water partition coefficient (Wildman–Crippen LogP) is 3.64. The zero-order chi connectivity index (χ0) is 20.5. The van der Waals surface area contributed by atoms with Gasteiger partial charge < -0.3 is 24.3 Å². The number of alkyl halides is 2. The number of carbonyl (C=O) groups is 1. The van der Waals surface area contributed by atoms with Gasteiger partial charge >= 0.3 is 6.61 Å². The average molecular weight is 393 g/mol. The van der Waals surface area contributed by atoms with E-state index in [9.17, 15) is 13.6 Å². The van der Waals surface area contributed by atoms with Gasteiger partial charge in [0.05, 0.1) is 21.3 Å². The maximum Gasteiger partial charge on any atom is 0.387 e. The molecule has 2 aromatic carbocycles. The van der Waals surface area contributed by atoms with E-state index in [1.54, 1.807) is 37.5 Å². The van der Waals surface area contributed by atoms with Crippen LogP contribution in [0, 0.1) is 0 Å². The van der Waals surface area contributed by atoms with Crippen LogP contribution in [0.2, 0.25) is 0 Å². The molecule has 0 aromatic heterocycles. The maximum atomic E-state index is 12.3. The van der Waals surface area contributed by atoms with Crippen LogP contribution in [-0.4, -0.2) is 33.8 Å². The lowest BCUT2D eigenvalue weighted by atomic mass is 10.2. The van der Waals surface area contributed by atoms with Crippen LogP contribution in [0.1, 0.15) is 11.1 Å². The van der Waals surface area contributed by atoms with E-state index in [0.29, 0.717) is 17.1 Å². The zero-order valence-corrected chi connectivity index (χ0v) is 15.7. The summed E-state index contributed by atoms with van der Waals surface area (Å²) in [6.45, 7) is -2.75. The average Bonchev–Trinajstić information content (AvgIpc) is 2.70. The van der Waals surface area contributed by atoms with Crippen molar-refractivity contribution in [2.24, 2.45) is 0 Å². The van der Waals surface area contributed by atoms with Gasteiger partial charge in [-0.05, 0) is 41.5 Å². The van der Waals surface area contributed by atoms with Crippen LogP contribution in [0.3, 0.4) is 0 Å². The van der Waals surface area contributed by atoms with Crippen molar-refractivity contribution in [3.63, 3.8) is 0 Å². The van der Waals surface area contributed by atoms with Gasteiger partial charge in [0.2, 0.25) is 5.91 Å². The van der Waals surface area contributed by atoms with Crippen molar-refractivity contribution in [3.8, 4) is 23.0 Å². The molecule has 2 rings (SSSR count). The molecule has 0 aliphatic heterocycles. The summed E-state index contributed by atoms with van der Waals surface area (Å²) in [5, 5.41) is 2.71. The minimum Gasteiger partial charge on any atom is -0.493 e. The molecular formula is C20H21F2NO5. The van der Waals surface area contributed by atoms with Gasteiger partial charge in [-0.15, -0.1) is 0 Å². The van der Waals surface area contributed by atoms with E-state index >= 15 is 0 Å². The minimum absolute atomic E-state index is 0.0686. The lowest BCUT2D eigenvalue weighted by molar-refractivity contribution is -0.116. The Labute approximate surface area is 161 Å². The van der Waals surface area contributed by atoms with Gasteiger partial charge in [0.25, 0.3) is 0 Å². The monoisotopic (exact) mass is 393 g/mol. The number of hydrogen-bond donors (Lipinski definition) is 1. The molecule has 1 N–H and O–H groups in total. The first-order valence-electron chi connectivity index (χ1n) is 8.26. The van der Waals surface area contributed by atoms with E-state index in [0.717, 1.165) is 5.56 Å². The fraction of sp³-hybridized carbons (Fsp3) is 0.250. The summed E-state index contributed by atoms with van der Waals surface area (Å²) in [5.74, 6) is 0.927. The number of ether oxygens (including phenoxy) is 4. The number of hydrogen-bond acceptors (Lipinski definition) is 5. The Bertz CT molecular complexity index is 839. The molecule has 6 nitrogen and oxygen atoms in total. The predicted molar refractivity (Wildman–Crippen MR) is 100 cm³/mol. The molecular weight excluding hydrogens is 372 g/mol. The molecule has 0 unspecified atom stereocenters. The third-order valence-corrected chi connectivity index (χ3v) is 3.75. The van der Waals surface area contributed by atoms with E-state index in [2.05, 4.69) is 10.1 Å². The van der Waals surface area contributed by atoms with Gasteiger partial charge in [-0.2, -0.15) is 8.78 Å². The number of methoxy groups -OCH3 is 3. The standard InChI is InChI=1S/C20H21F2NO5/c1-25-15-7-4-13(10-17(15)26-2)6-9-19(24)23-12-14-5-8-16(28-20(21)22)18(11-14)27-3/h4-11,20H,12H2,1-3H3,(H,23,24)/b9-6+. The van der Waals surface area contributed by atoms with Crippen molar-refractivity contribution in [3.05, 3.63) is 53.6 Å². The lowest BCUT2D eigenvalue weighted by Gasteiger charge is -2.11. The van der Waals surface area contributed by atoms with E-state index in [-0.39, 0.29) is 24.0 Å². The number of benzene rings is 2. The summed E-state index contributed by atoms with van der Waals surface area (Å²) >= 11 is 0. The number of amides is 1. The highest BCUT2D eigenvalue weighted by Gasteiger charge is 2.11. The molecule has 0 saturated carbocycles. The number of rotatable bonds is 9. The Balaban J connectivity index is 1.97. The number of carbonyl (C=O) groups excluding carboxylic acids is 1. The molecule has 1 amide bonds. The molecule has 0 spiro atoms. The van der Waals surface area contributed by atoms with E-state index < -0.39 is 6.61 Å². The molecule has 0 aliphatic rings. The molecule has 150 valence electrons. The SMILES string of the molecule is COc1ccc(/C=C/C(=O)NCc2ccc(OC(F)F)c(OC)c2)cc1OC.